The number of benzene rings is 1. The summed E-state index contributed by atoms with van der Waals surface area (Å²) in [5, 5.41) is 21.2. The van der Waals surface area contributed by atoms with E-state index in [2.05, 4.69) is 25.5 Å². The summed E-state index contributed by atoms with van der Waals surface area (Å²) in [5.41, 5.74) is 3.33. The Labute approximate surface area is 161 Å². The zero-order valence-corrected chi connectivity index (χ0v) is 15.4. The van der Waals surface area contributed by atoms with Crippen LogP contribution in [0.1, 0.15) is 22.0 Å². The quantitative estimate of drug-likeness (QED) is 0.705. The Bertz CT molecular complexity index is 938. The molecule has 0 amide bonds. The van der Waals surface area contributed by atoms with Crippen molar-refractivity contribution in [2.75, 3.05) is 25.0 Å². The first-order valence-corrected chi connectivity index (χ1v) is 8.98. The van der Waals surface area contributed by atoms with Crippen LogP contribution in [0.25, 0.3) is 23.0 Å². The summed E-state index contributed by atoms with van der Waals surface area (Å²) in [5.74, 6) is 1.50. The van der Waals surface area contributed by atoms with Crippen molar-refractivity contribution < 1.29 is 13.8 Å². The number of aromatic nitrogens is 4. The summed E-state index contributed by atoms with van der Waals surface area (Å²) in [6.07, 6.45) is 2.13. The number of aliphatic hydroxyl groups is 1. The maximum Gasteiger partial charge on any atom is 0.268 e. The van der Waals surface area contributed by atoms with Crippen molar-refractivity contribution in [2.24, 2.45) is 0 Å². The predicted molar refractivity (Wildman–Crippen MR) is 107 cm³/mol. The van der Waals surface area contributed by atoms with Gasteiger partial charge >= 0.3 is 0 Å². The number of nitrogens with one attached hydrogen (secondary N) is 1. The van der Waals surface area contributed by atoms with Gasteiger partial charge in [0, 0.05) is 29.5 Å². The highest BCUT2D eigenvalue weighted by atomic mass is 16.4. The molecule has 146 valence electrons. The second-order valence-corrected chi connectivity index (χ2v) is 6.69. The van der Waals surface area contributed by atoms with Crippen LogP contribution in [0.15, 0.2) is 34.9 Å². The maximum atomic E-state index is 9.75. The van der Waals surface area contributed by atoms with Crippen molar-refractivity contribution in [3.05, 3.63) is 41.7 Å². The average molecular weight is 372 g/mol. The molecule has 0 saturated carbocycles. The van der Waals surface area contributed by atoms with Crippen LogP contribution in [-0.2, 0) is 6.54 Å². The van der Waals surface area contributed by atoms with Crippen LogP contribution in [0.5, 0.6) is 0 Å². The highest BCUT2D eigenvalue weighted by molar-refractivity contribution is 5.58. The van der Waals surface area contributed by atoms with Crippen LogP contribution in [0.2, 0.25) is 0 Å². The molecule has 4 rings (SSSR count). The molecule has 2 aromatic heterocycles. The minimum atomic E-state index is -0.322. The highest BCUT2D eigenvalue weighted by Crippen LogP contribution is 2.27. The molecule has 0 unspecified atom stereocenters. The smallest absolute Gasteiger partial charge is 0.268 e. The van der Waals surface area contributed by atoms with Gasteiger partial charge in [0.15, 0.2) is 5.69 Å². The summed E-state index contributed by atoms with van der Waals surface area (Å²) < 4.78 is 5.87. The third kappa shape index (κ3) is 3.67. The number of hydrogen-bond acceptors (Lipinski definition) is 8. The van der Waals surface area contributed by atoms with Crippen LogP contribution in [0, 0.1) is 6.92 Å². The van der Waals surface area contributed by atoms with Crippen LogP contribution in [-0.4, -0.2) is 51.5 Å². The largest absolute Gasteiger partial charge is 0.415 e. The number of hydrogen-bond donors (Lipinski definition) is 2. The molecular formula is C19H28N6O2. The lowest BCUT2D eigenvalue weighted by molar-refractivity contribution is 0.198. The van der Waals surface area contributed by atoms with Gasteiger partial charge in [-0.25, -0.2) is 4.98 Å². The van der Waals surface area contributed by atoms with Crippen LogP contribution in [0.4, 0.5) is 5.82 Å². The van der Waals surface area contributed by atoms with Gasteiger partial charge < -0.3 is 19.7 Å². The van der Waals surface area contributed by atoms with Gasteiger partial charge in [-0.3, -0.25) is 4.98 Å². The Morgan fingerprint density at radius 2 is 2.04 bits per heavy atom. The second-order valence-electron chi connectivity index (χ2n) is 6.69. The van der Waals surface area contributed by atoms with E-state index in [1.807, 2.05) is 43.1 Å². The molecule has 0 bridgehead atoms. The van der Waals surface area contributed by atoms with Gasteiger partial charge in [0.05, 0.1) is 18.0 Å². The van der Waals surface area contributed by atoms with Gasteiger partial charge in [-0.1, -0.05) is 12.1 Å². The fourth-order valence-corrected chi connectivity index (χ4v) is 3.15. The molecule has 1 saturated heterocycles. The van der Waals surface area contributed by atoms with E-state index in [9.17, 15) is 5.11 Å². The van der Waals surface area contributed by atoms with Gasteiger partial charge in [-0.05, 0) is 38.1 Å². The lowest BCUT2D eigenvalue weighted by Gasteiger charge is -2.16. The van der Waals surface area contributed by atoms with Crippen molar-refractivity contribution >= 4 is 5.82 Å². The highest BCUT2D eigenvalue weighted by Gasteiger charge is 2.23. The van der Waals surface area contributed by atoms with Crippen LogP contribution in [0.3, 0.4) is 0 Å². The number of rotatable bonds is 5. The molecule has 1 atom stereocenters. The molecule has 8 nitrogen and oxygen atoms in total. The predicted octanol–water partition coefficient (Wildman–Crippen LogP) is 2.53. The molecule has 1 aliphatic heterocycles. The number of β-amino-alcohol motifs (C(OH)–C–C–N with tert-alkyl or cyclic N) is 1. The topological polar surface area (TPSA) is 100 Å². The molecule has 27 heavy (non-hydrogen) atoms. The normalized spacial score (nSPS) is 16.9. The summed E-state index contributed by atoms with van der Waals surface area (Å²) in [4.78, 5) is 11.1. The Hall–Kier alpha value is -2.84. The van der Waals surface area contributed by atoms with Crippen LogP contribution < -0.4 is 10.2 Å². The van der Waals surface area contributed by atoms with E-state index in [1.165, 1.54) is 5.56 Å². The molecule has 3 aromatic rings. The monoisotopic (exact) mass is 372 g/mol. The minimum absolute atomic E-state index is 0. The second kappa shape index (κ2) is 7.42. The zero-order valence-electron chi connectivity index (χ0n) is 15.4. The summed E-state index contributed by atoms with van der Waals surface area (Å²) in [6, 6.07) is 7.98. The fraction of sp³-hybridized carbons (Fsp3) is 0.368. The van der Waals surface area contributed by atoms with Crippen molar-refractivity contribution in [2.45, 2.75) is 26.0 Å². The molecule has 8 heteroatoms. The fourth-order valence-electron chi connectivity index (χ4n) is 3.15. The van der Waals surface area contributed by atoms with Crippen molar-refractivity contribution in [1.82, 2.24) is 25.5 Å². The van der Waals surface area contributed by atoms with E-state index in [0.717, 1.165) is 30.8 Å². The van der Waals surface area contributed by atoms with E-state index >= 15 is 0 Å². The van der Waals surface area contributed by atoms with Crippen molar-refractivity contribution in [3.8, 4) is 23.0 Å². The molecular weight excluding hydrogens is 344 g/mol. The molecule has 0 radical (unpaired) electrons. The molecule has 1 fully saturated rings. The van der Waals surface area contributed by atoms with Crippen LogP contribution >= 0.6 is 0 Å². The van der Waals surface area contributed by atoms with E-state index in [0.29, 0.717) is 29.8 Å². The summed E-state index contributed by atoms with van der Waals surface area (Å²) >= 11 is 0. The lowest BCUT2D eigenvalue weighted by Crippen LogP contribution is -2.22. The first kappa shape index (κ1) is 17.6. The molecule has 3 heterocycles. The number of anilines is 1. The number of nitrogens with zero attached hydrogens (tertiary/aromatic N) is 5. The Morgan fingerprint density at radius 1 is 1.26 bits per heavy atom. The summed E-state index contributed by atoms with van der Waals surface area (Å²) in [7, 11) is 1.92. The van der Waals surface area contributed by atoms with Gasteiger partial charge in [0.2, 0.25) is 5.89 Å². The van der Waals surface area contributed by atoms with Gasteiger partial charge in [-0.15, -0.1) is 10.2 Å². The average Bonchev–Trinajstić information content (AvgIpc) is 3.33. The van der Waals surface area contributed by atoms with E-state index < -0.39 is 0 Å². The first-order valence-electron chi connectivity index (χ1n) is 8.98. The number of aliphatic hydroxyl groups excluding tert-OH is 1. The lowest BCUT2D eigenvalue weighted by atomic mass is 10.1. The standard InChI is InChI=1S/C19H22N6O2.3H2/c1-12-17(22-16(10-21-12)25-8-7-15(26)11-25)19-24-23-18(27-19)14-5-3-13(4-6-14)9-20-2;;;/h3-6,10,15,20,26H,7-9,11H2,1-2H3;3*1H/t15-;;;/m0.../s1. The van der Waals surface area contributed by atoms with Crippen molar-refractivity contribution in [1.29, 1.82) is 0 Å². The molecule has 1 aromatic carbocycles. The minimum Gasteiger partial charge on any atom is -0.415 e. The maximum absolute atomic E-state index is 9.75. The van der Waals surface area contributed by atoms with Gasteiger partial charge in [0.1, 0.15) is 5.82 Å². The molecule has 2 N–H and O–H groups in total. The Morgan fingerprint density at radius 3 is 2.74 bits per heavy atom. The van der Waals surface area contributed by atoms with Crippen molar-refractivity contribution in [3.63, 3.8) is 0 Å². The summed E-state index contributed by atoms with van der Waals surface area (Å²) in [6.45, 7) is 3.99. The zero-order chi connectivity index (χ0) is 18.8. The SMILES string of the molecule is CNCc1ccc(-c2nnc(-c3nc(N4CC[C@H](O)C4)cnc3C)o2)cc1.[HH].[HH].[HH]. The molecule has 0 aliphatic carbocycles. The van der Waals surface area contributed by atoms with E-state index in [1.54, 1.807) is 6.20 Å². The first-order chi connectivity index (χ1) is 13.1. The molecule has 0 spiro atoms. The number of aryl methyl sites for hydroxylation is 1. The van der Waals surface area contributed by atoms with Gasteiger partial charge in [-0.2, -0.15) is 0 Å². The third-order valence-electron chi connectivity index (χ3n) is 4.64. The molecule has 1 aliphatic rings. The Kier molecular flexibility index (Phi) is 4.83. The van der Waals surface area contributed by atoms with E-state index in [-0.39, 0.29) is 10.4 Å². The van der Waals surface area contributed by atoms with Gasteiger partial charge in [0.25, 0.3) is 5.89 Å². The van der Waals surface area contributed by atoms with E-state index in [4.69, 9.17) is 4.42 Å². The third-order valence-corrected chi connectivity index (χ3v) is 4.64. The Balaban J connectivity index is 0.00000150.